The summed E-state index contributed by atoms with van der Waals surface area (Å²) < 4.78 is 38.7. The molecule has 0 unspecified atom stereocenters. The van der Waals surface area contributed by atoms with Gasteiger partial charge >= 0.3 is 11.9 Å². The number of methoxy groups -OCH3 is 1. The topological polar surface area (TPSA) is 124 Å². The number of hydrogen-bond donors (Lipinski definition) is 0. The lowest BCUT2D eigenvalue weighted by atomic mass is 10.2. The van der Waals surface area contributed by atoms with Crippen molar-refractivity contribution in [3.8, 4) is 0 Å². The number of thiazole rings is 1. The fourth-order valence-corrected chi connectivity index (χ4v) is 5.72. The maximum atomic E-state index is 13.0. The van der Waals surface area contributed by atoms with Crippen LogP contribution in [-0.4, -0.2) is 62.4 Å². The van der Waals surface area contributed by atoms with Crippen LogP contribution in [0.3, 0.4) is 0 Å². The molecule has 0 saturated heterocycles. The van der Waals surface area contributed by atoms with E-state index in [9.17, 15) is 22.8 Å². The van der Waals surface area contributed by atoms with Crippen LogP contribution in [0.15, 0.2) is 52.4 Å². The molecule has 3 rings (SSSR count). The highest BCUT2D eigenvalue weighted by atomic mass is 32.2. The molecular weight excluding hydrogens is 518 g/mol. The molecule has 0 saturated carbocycles. The molecule has 3 aromatic rings. The fourth-order valence-electron chi connectivity index (χ4n) is 3.45. The van der Waals surface area contributed by atoms with E-state index in [1.807, 2.05) is 6.92 Å². The van der Waals surface area contributed by atoms with Gasteiger partial charge in [0, 0.05) is 19.2 Å². The molecule has 0 fully saturated rings. The summed E-state index contributed by atoms with van der Waals surface area (Å²) in [6.45, 7) is 4.13. The van der Waals surface area contributed by atoms with E-state index < -0.39 is 27.9 Å². The second-order valence-corrected chi connectivity index (χ2v) is 11.1. The predicted molar refractivity (Wildman–Crippen MR) is 139 cm³/mol. The standard InChI is InChI=1S/C25H29N3O7S2/c1-5-7-14-27(3)37(32,33)19-11-8-17(9-12-19)23(30)26-25-28(16-22(29)34-4)20-13-10-18(15-21(20)36-25)24(31)35-6-2/h8-13,15H,5-7,14,16H2,1-4H3. The highest BCUT2D eigenvalue weighted by molar-refractivity contribution is 7.89. The van der Waals surface area contributed by atoms with E-state index in [1.165, 1.54) is 47.3 Å². The van der Waals surface area contributed by atoms with Crippen LogP contribution in [0, 0.1) is 0 Å². The van der Waals surface area contributed by atoms with Crippen LogP contribution < -0.4 is 4.80 Å². The third-order valence-corrected chi connectivity index (χ3v) is 8.45. The van der Waals surface area contributed by atoms with Crippen molar-refractivity contribution in [3.05, 3.63) is 58.4 Å². The summed E-state index contributed by atoms with van der Waals surface area (Å²) in [5.74, 6) is -1.63. The average molecular weight is 548 g/mol. The van der Waals surface area contributed by atoms with Gasteiger partial charge < -0.3 is 14.0 Å². The number of hydrogen-bond acceptors (Lipinski definition) is 8. The van der Waals surface area contributed by atoms with Gasteiger partial charge in [0.1, 0.15) is 6.54 Å². The Morgan fingerprint density at radius 3 is 2.35 bits per heavy atom. The monoisotopic (exact) mass is 547 g/mol. The fraction of sp³-hybridized carbons (Fsp3) is 0.360. The minimum absolute atomic E-state index is 0.0803. The van der Waals surface area contributed by atoms with E-state index in [4.69, 9.17) is 9.47 Å². The van der Waals surface area contributed by atoms with Crippen molar-refractivity contribution in [2.24, 2.45) is 4.99 Å². The molecule has 37 heavy (non-hydrogen) atoms. The zero-order valence-electron chi connectivity index (χ0n) is 21.1. The number of carbonyl (C=O) groups excluding carboxylic acids is 3. The molecule has 2 aromatic carbocycles. The molecule has 0 spiro atoms. The van der Waals surface area contributed by atoms with Crippen LogP contribution >= 0.6 is 11.3 Å². The first-order valence-electron chi connectivity index (χ1n) is 11.6. The highest BCUT2D eigenvalue weighted by Crippen LogP contribution is 2.21. The van der Waals surface area contributed by atoms with E-state index >= 15 is 0 Å². The van der Waals surface area contributed by atoms with Crippen LogP contribution in [0.1, 0.15) is 47.4 Å². The summed E-state index contributed by atoms with van der Waals surface area (Å²) in [6, 6.07) is 10.4. The Bertz CT molecular complexity index is 1470. The molecule has 12 heteroatoms. The molecule has 1 heterocycles. The number of fused-ring (bicyclic) bond motifs is 1. The van der Waals surface area contributed by atoms with Gasteiger partial charge in [0.25, 0.3) is 5.91 Å². The van der Waals surface area contributed by atoms with Gasteiger partial charge in [-0.2, -0.15) is 4.99 Å². The molecule has 0 aliphatic heterocycles. The van der Waals surface area contributed by atoms with Crippen LogP contribution in [-0.2, 0) is 30.8 Å². The number of sulfonamides is 1. The van der Waals surface area contributed by atoms with Crippen molar-refractivity contribution in [1.29, 1.82) is 0 Å². The summed E-state index contributed by atoms with van der Waals surface area (Å²) in [4.78, 5) is 41.6. The molecule has 198 valence electrons. The number of ether oxygens (including phenoxy) is 2. The molecular formula is C25H29N3O7S2. The summed E-state index contributed by atoms with van der Waals surface area (Å²) in [6.07, 6.45) is 1.61. The van der Waals surface area contributed by atoms with Crippen molar-refractivity contribution in [1.82, 2.24) is 8.87 Å². The van der Waals surface area contributed by atoms with Gasteiger partial charge in [-0.15, -0.1) is 0 Å². The Hall–Kier alpha value is -3.35. The SMILES string of the molecule is CCCCN(C)S(=O)(=O)c1ccc(C(=O)N=c2sc3cc(C(=O)OCC)ccc3n2CC(=O)OC)cc1. The van der Waals surface area contributed by atoms with Gasteiger partial charge in [0.05, 0.1) is 34.4 Å². The number of benzene rings is 2. The number of rotatable bonds is 10. The van der Waals surface area contributed by atoms with Gasteiger partial charge in [-0.3, -0.25) is 9.59 Å². The lowest BCUT2D eigenvalue weighted by Crippen LogP contribution is -2.27. The Morgan fingerprint density at radius 2 is 1.73 bits per heavy atom. The van der Waals surface area contributed by atoms with Crippen LogP contribution in [0.2, 0.25) is 0 Å². The average Bonchev–Trinajstić information content (AvgIpc) is 3.22. The lowest BCUT2D eigenvalue weighted by Gasteiger charge is -2.16. The van der Waals surface area contributed by atoms with Crippen LogP contribution in [0.25, 0.3) is 10.2 Å². The number of nitrogens with zero attached hydrogens (tertiary/aromatic N) is 3. The quantitative estimate of drug-likeness (QED) is 0.357. The van der Waals surface area contributed by atoms with E-state index in [-0.39, 0.29) is 28.4 Å². The molecule has 0 radical (unpaired) electrons. The Labute approximate surface area is 219 Å². The largest absolute Gasteiger partial charge is 0.468 e. The third-order valence-electron chi connectivity index (χ3n) is 5.54. The van der Waals surface area contributed by atoms with Crippen molar-refractivity contribution >= 4 is 49.4 Å². The Morgan fingerprint density at radius 1 is 1.05 bits per heavy atom. The van der Waals surface area contributed by atoms with E-state index in [1.54, 1.807) is 25.1 Å². The molecule has 0 aliphatic rings. The van der Waals surface area contributed by atoms with E-state index in [2.05, 4.69) is 4.99 Å². The zero-order valence-corrected chi connectivity index (χ0v) is 22.7. The van der Waals surface area contributed by atoms with Crippen LogP contribution in [0.4, 0.5) is 0 Å². The molecule has 1 aromatic heterocycles. The summed E-state index contributed by atoms with van der Waals surface area (Å²) in [5, 5.41) is 0. The smallest absolute Gasteiger partial charge is 0.338 e. The van der Waals surface area contributed by atoms with Crippen molar-refractivity contribution in [3.63, 3.8) is 0 Å². The van der Waals surface area contributed by atoms with Crippen molar-refractivity contribution in [2.45, 2.75) is 38.1 Å². The number of esters is 2. The summed E-state index contributed by atoms with van der Waals surface area (Å²) in [7, 11) is -0.889. The van der Waals surface area contributed by atoms with Crippen molar-refractivity contribution < 1.29 is 32.3 Å². The minimum atomic E-state index is -3.67. The number of carbonyl (C=O) groups is 3. The molecule has 0 atom stereocenters. The van der Waals surface area contributed by atoms with Crippen LogP contribution in [0.5, 0.6) is 0 Å². The highest BCUT2D eigenvalue weighted by Gasteiger charge is 2.21. The molecule has 0 N–H and O–H groups in total. The first-order chi connectivity index (χ1) is 17.6. The third kappa shape index (κ3) is 6.51. The summed E-state index contributed by atoms with van der Waals surface area (Å²) in [5.41, 5.74) is 1.11. The Balaban J connectivity index is 1.99. The van der Waals surface area contributed by atoms with Gasteiger partial charge in [-0.1, -0.05) is 24.7 Å². The van der Waals surface area contributed by atoms with Gasteiger partial charge in [0.15, 0.2) is 4.80 Å². The van der Waals surface area contributed by atoms with Crippen molar-refractivity contribution in [2.75, 3.05) is 27.3 Å². The van der Waals surface area contributed by atoms with E-state index in [0.717, 1.165) is 24.2 Å². The molecule has 1 amide bonds. The minimum Gasteiger partial charge on any atom is -0.468 e. The first-order valence-corrected chi connectivity index (χ1v) is 13.9. The molecule has 0 aliphatic carbocycles. The molecule has 0 bridgehead atoms. The normalized spacial score (nSPS) is 12.2. The number of unbranched alkanes of at least 4 members (excludes halogenated alkanes) is 1. The summed E-state index contributed by atoms with van der Waals surface area (Å²) >= 11 is 1.13. The number of amides is 1. The maximum absolute atomic E-state index is 13.0. The second kappa shape index (κ2) is 12.3. The van der Waals surface area contributed by atoms with Gasteiger partial charge in [-0.05, 0) is 55.8 Å². The zero-order chi connectivity index (χ0) is 27.2. The van der Waals surface area contributed by atoms with E-state index in [0.29, 0.717) is 22.3 Å². The first kappa shape index (κ1) is 28.2. The Kier molecular flexibility index (Phi) is 9.35. The number of aromatic nitrogens is 1. The lowest BCUT2D eigenvalue weighted by molar-refractivity contribution is -0.141. The molecule has 10 nitrogen and oxygen atoms in total. The second-order valence-electron chi connectivity index (χ2n) is 8.07. The maximum Gasteiger partial charge on any atom is 0.338 e. The van der Waals surface area contributed by atoms with Gasteiger partial charge in [0.2, 0.25) is 10.0 Å². The van der Waals surface area contributed by atoms with Gasteiger partial charge in [-0.25, -0.2) is 17.5 Å². The predicted octanol–water partition coefficient (Wildman–Crippen LogP) is 3.21.